The van der Waals surface area contributed by atoms with E-state index < -0.39 is 5.60 Å². The van der Waals surface area contributed by atoms with Gasteiger partial charge >= 0.3 is 6.09 Å². The molecule has 0 saturated heterocycles. The van der Waals surface area contributed by atoms with E-state index in [1.165, 1.54) is 11.1 Å². The first kappa shape index (κ1) is 15.0. The van der Waals surface area contributed by atoms with Gasteiger partial charge in [-0.25, -0.2) is 4.79 Å². The Bertz CT molecular complexity index is 256. The van der Waals surface area contributed by atoms with Crippen LogP contribution >= 0.6 is 0 Å². The SMILES string of the molecule is CCC(CC)=C(C)CNC(=O)OC(C)(C)C. The Labute approximate surface area is 99.3 Å². The fourth-order valence-corrected chi connectivity index (χ4v) is 1.50. The van der Waals surface area contributed by atoms with Gasteiger partial charge in [0, 0.05) is 6.54 Å². The molecule has 0 aromatic rings. The second-order valence-corrected chi connectivity index (χ2v) is 4.95. The van der Waals surface area contributed by atoms with Gasteiger partial charge in [0.25, 0.3) is 0 Å². The number of amides is 1. The number of hydrogen-bond donors (Lipinski definition) is 1. The third-order valence-corrected chi connectivity index (χ3v) is 2.35. The molecular weight excluding hydrogens is 202 g/mol. The Balaban J connectivity index is 4.16. The molecule has 0 aromatic heterocycles. The summed E-state index contributed by atoms with van der Waals surface area (Å²) in [5.74, 6) is 0. The number of rotatable bonds is 4. The predicted molar refractivity (Wildman–Crippen MR) is 67.5 cm³/mol. The van der Waals surface area contributed by atoms with Crippen molar-refractivity contribution in [2.24, 2.45) is 0 Å². The molecule has 0 saturated carbocycles. The van der Waals surface area contributed by atoms with Crippen LogP contribution in [0.4, 0.5) is 4.79 Å². The average molecular weight is 227 g/mol. The molecule has 3 nitrogen and oxygen atoms in total. The summed E-state index contributed by atoms with van der Waals surface area (Å²) < 4.78 is 5.16. The van der Waals surface area contributed by atoms with E-state index in [9.17, 15) is 4.79 Å². The standard InChI is InChI=1S/C13H25NO2/c1-7-11(8-2)10(3)9-14-12(15)16-13(4,5)6/h7-9H2,1-6H3,(H,14,15). The van der Waals surface area contributed by atoms with Gasteiger partial charge in [-0.05, 0) is 40.5 Å². The molecule has 1 amide bonds. The third kappa shape index (κ3) is 6.49. The molecule has 0 aliphatic carbocycles. The van der Waals surface area contributed by atoms with Crippen molar-refractivity contribution in [3.05, 3.63) is 11.1 Å². The molecule has 16 heavy (non-hydrogen) atoms. The second kappa shape index (κ2) is 6.56. The zero-order chi connectivity index (χ0) is 12.8. The summed E-state index contributed by atoms with van der Waals surface area (Å²) in [5.41, 5.74) is 2.20. The van der Waals surface area contributed by atoms with E-state index in [0.717, 1.165) is 12.8 Å². The van der Waals surface area contributed by atoms with Crippen LogP contribution in [0.5, 0.6) is 0 Å². The lowest BCUT2D eigenvalue weighted by Gasteiger charge is -2.20. The average Bonchev–Trinajstić information content (AvgIpc) is 2.14. The molecule has 0 unspecified atom stereocenters. The van der Waals surface area contributed by atoms with Crippen LogP contribution in [0.1, 0.15) is 54.4 Å². The summed E-state index contributed by atoms with van der Waals surface area (Å²) in [5, 5.41) is 2.77. The number of hydrogen-bond acceptors (Lipinski definition) is 2. The molecule has 0 heterocycles. The minimum Gasteiger partial charge on any atom is -0.444 e. The van der Waals surface area contributed by atoms with Crippen molar-refractivity contribution in [1.82, 2.24) is 5.32 Å². The molecule has 0 aromatic carbocycles. The Morgan fingerprint density at radius 2 is 1.69 bits per heavy atom. The first-order chi connectivity index (χ1) is 7.30. The Morgan fingerprint density at radius 1 is 1.19 bits per heavy atom. The van der Waals surface area contributed by atoms with Crippen LogP contribution in [0, 0.1) is 0 Å². The number of carbonyl (C=O) groups is 1. The summed E-state index contributed by atoms with van der Waals surface area (Å²) in [6, 6.07) is 0. The summed E-state index contributed by atoms with van der Waals surface area (Å²) in [4.78, 5) is 11.4. The van der Waals surface area contributed by atoms with Crippen LogP contribution in [-0.2, 0) is 4.74 Å². The largest absolute Gasteiger partial charge is 0.444 e. The highest BCUT2D eigenvalue weighted by atomic mass is 16.6. The van der Waals surface area contributed by atoms with Gasteiger partial charge in [-0.1, -0.05) is 25.0 Å². The molecule has 1 N–H and O–H groups in total. The van der Waals surface area contributed by atoms with Crippen LogP contribution in [0.3, 0.4) is 0 Å². The van der Waals surface area contributed by atoms with E-state index in [2.05, 4.69) is 26.1 Å². The molecule has 0 radical (unpaired) electrons. The summed E-state index contributed by atoms with van der Waals surface area (Å²) in [7, 11) is 0. The van der Waals surface area contributed by atoms with E-state index in [1.807, 2.05) is 20.8 Å². The fourth-order valence-electron chi connectivity index (χ4n) is 1.50. The first-order valence-corrected chi connectivity index (χ1v) is 5.94. The maximum Gasteiger partial charge on any atom is 0.407 e. The minimum absolute atomic E-state index is 0.349. The van der Waals surface area contributed by atoms with Crippen LogP contribution in [0.25, 0.3) is 0 Å². The molecule has 0 aliphatic rings. The van der Waals surface area contributed by atoms with Crippen LogP contribution in [0.15, 0.2) is 11.1 Å². The van der Waals surface area contributed by atoms with Crippen molar-refractivity contribution >= 4 is 6.09 Å². The molecular formula is C13H25NO2. The Kier molecular flexibility index (Phi) is 6.16. The van der Waals surface area contributed by atoms with Gasteiger partial charge < -0.3 is 10.1 Å². The van der Waals surface area contributed by atoms with Crippen molar-refractivity contribution in [1.29, 1.82) is 0 Å². The monoisotopic (exact) mass is 227 g/mol. The maximum atomic E-state index is 11.4. The predicted octanol–water partition coefficient (Wildman–Crippen LogP) is 3.65. The fraction of sp³-hybridized carbons (Fsp3) is 0.769. The lowest BCUT2D eigenvalue weighted by atomic mass is 10.0. The zero-order valence-corrected chi connectivity index (χ0v) is 11.4. The van der Waals surface area contributed by atoms with E-state index in [-0.39, 0.29) is 6.09 Å². The lowest BCUT2D eigenvalue weighted by Crippen LogP contribution is -2.33. The molecule has 3 heteroatoms. The molecule has 0 spiro atoms. The summed E-state index contributed by atoms with van der Waals surface area (Å²) in [6.07, 6.45) is 1.73. The van der Waals surface area contributed by atoms with Crippen molar-refractivity contribution in [2.45, 2.75) is 60.0 Å². The van der Waals surface area contributed by atoms with E-state index >= 15 is 0 Å². The lowest BCUT2D eigenvalue weighted by molar-refractivity contribution is 0.0532. The van der Waals surface area contributed by atoms with Crippen molar-refractivity contribution < 1.29 is 9.53 Å². The highest BCUT2D eigenvalue weighted by Crippen LogP contribution is 2.12. The van der Waals surface area contributed by atoms with Crippen molar-refractivity contribution in [2.75, 3.05) is 6.54 Å². The molecule has 0 fully saturated rings. The highest BCUT2D eigenvalue weighted by Gasteiger charge is 2.15. The smallest absolute Gasteiger partial charge is 0.407 e. The number of alkyl carbamates (subject to hydrolysis) is 1. The second-order valence-electron chi connectivity index (χ2n) is 4.95. The maximum absolute atomic E-state index is 11.4. The number of carbonyl (C=O) groups excluding carboxylic acids is 1. The minimum atomic E-state index is -0.431. The first-order valence-electron chi connectivity index (χ1n) is 5.94. The topological polar surface area (TPSA) is 38.3 Å². The van der Waals surface area contributed by atoms with E-state index in [1.54, 1.807) is 0 Å². The van der Waals surface area contributed by atoms with Crippen LogP contribution in [-0.4, -0.2) is 18.2 Å². The molecule has 94 valence electrons. The Hall–Kier alpha value is -0.990. The quantitative estimate of drug-likeness (QED) is 0.744. The molecule has 0 aliphatic heterocycles. The molecule has 0 bridgehead atoms. The van der Waals surface area contributed by atoms with Gasteiger partial charge in [0.1, 0.15) is 5.60 Å². The summed E-state index contributed by atoms with van der Waals surface area (Å²) in [6.45, 7) is 12.5. The highest BCUT2D eigenvalue weighted by molar-refractivity contribution is 5.68. The van der Waals surface area contributed by atoms with Gasteiger partial charge in [0.15, 0.2) is 0 Å². The van der Waals surface area contributed by atoms with Crippen LogP contribution in [0.2, 0.25) is 0 Å². The van der Waals surface area contributed by atoms with Gasteiger partial charge in [0.2, 0.25) is 0 Å². The number of allylic oxidation sites excluding steroid dienone is 1. The molecule has 0 atom stereocenters. The normalized spacial score (nSPS) is 10.9. The molecule has 0 rings (SSSR count). The number of nitrogens with one attached hydrogen (secondary N) is 1. The van der Waals surface area contributed by atoms with Gasteiger partial charge in [-0.3, -0.25) is 0 Å². The van der Waals surface area contributed by atoms with Gasteiger partial charge in [-0.15, -0.1) is 0 Å². The zero-order valence-electron chi connectivity index (χ0n) is 11.4. The third-order valence-electron chi connectivity index (χ3n) is 2.35. The Morgan fingerprint density at radius 3 is 2.06 bits per heavy atom. The summed E-state index contributed by atoms with van der Waals surface area (Å²) >= 11 is 0. The number of ether oxygens (including phenoxy) is 1. The van der Waals surface area contributed by atoms with Gasteiger partial charge in [-0.2, -0.15) is 0 Å². The van der Waals surface area contributed by atoms with Gasteiger partial charge in [0.05, 0.1) is 0 Å². The van der Waals surface area contributed by atoms with Crippen molar-refractivity contribution in [3.63, 3.8) is 0 Å². The van der Waals surface area contributed by atoms with Crippen LogP contribution < -0.4 is 5.32 Å². The van der Waals surface area contributed by atoms with Crippen molar-refractivity contribution in [3.8, 4) is 0 Å². The van der Waals surface area contributed by atoms with E-state index in [4.69, 9.17) is 4.74 Å². The van der Waals surface area contributed by atoms with E-state index in [0.29, 0.717) is 6.54 Å².